The van der Waals surface area contributed by atoms with E-state index in [0.717, 1.165) is 33.3 Å². The van der Waals surface area contributed by atoms with Crippen LogP contribution >= 0.6 is 34.9 Å². The van der Waals surface area contributed by atoms with Gasteiger partial charge in [0.2, 0.25) is 0 Å². The number of carbonyl (C=O) groups excluding carboxylic acids is 3. The molecule has 2 amide bonds. The number of imidazole rings is 1. The number of ether oxygens (including phenoxy) is 1. The van der Waals surface area contributed by atoms with Crippen molar-refractivity contribution in [1.29, 1.82) is 0 Å². The van der Waals surface area contributed by atoms with Crippen molar-refractivity contribution < 1.29 is 24.2 Å². The number of esters is 1. The number of aryl methyl sites for hydroxylation is 2. The number of hydrogen-bond donors (Lipinski definition) is 3. The molecule has 3 aromatic rings. The first-order chi connectivity index (χ1) is 19.3. The van der Waals surface area contributed by atoms with Gasteiger partial charge in [0.15, 0.2) is 0 Å². The molecule has 4 rings (SSSR count). The standard InChI is InChI=1S/C27H32ClN5O5S2/c1-3-17-19(33-13-11-20(34)26(33)36)6-4-7-21(17)40-31-18(16-30-25(35)22-9-10-23(28)39-22)27(37)38-15-5-8-24-29-12-14-32(24)2/h4,6-7,9-10,12,14,18,20,31,34H,3,5,8,11,13,15-16H2,1-2H3,(H,30,35)/t18-,20?/m0/s1. The van der Waals surface area contributed by atoms with Crippen molar-refractivity contribution in [2.75, 3.05) is 24.6 Å². The van der Waals surface area contributed by atoms with Gasteiger partial charge in [0.1, 0.15) is 18.0 Å². The molecule has 2 aromatic heterocycles. The van der Waals surface area contributed by atoms with Gasteiger partial charge in [0.25, 0.3) is 11.8 Å². The van der Waals surface area contributed by atoms with Crippen LogP contribution < -0.4 is 14.9 Å². The van der Waals surface area contributed by atoms with E-state index in [2.05, 4.69) is 15.0 Å². The molecule has 3 N–H and O–H groups in total. The van der Waals surface area contributed by atoms with Gasteiger partial charge in [-0.15, -0.1) is 11.3 Å². The third-order valence-corrected chi connectivity index (χ3v) is 8.73. The van der Waals surface area contributed by atoms with Crippen LogP contribution in [0.1, 0.15) is 40.8 Å². The SMILES string of the molecule is CCc1c(SN[C@@H](CNC(=O)c2ccc(Cl)s2)C(=O)OCCCc2nccn2C)cccc1N1CCC(O)C1=O. The number of halogens is 1. The Morgan fingerprint density at radius 3 is 2.80 bits per heavy atom. The van der Waals surface area contributed by atoms with Crippen LogP contribution in [0.15, 0.2) is 47.6 Å². The zero-order chi connectivity index (χ0) is 28.6. The van der Waals surface area contributed by atoms with Gasteiger partial charge in [0.05, 0.1) is 15.8 Å². The van der Waals surface area contributed by atoms with Crippen molar-refractivity contribution in [2.24, 2.45) is 7.05 Å². The molecular weight excluding hydrogens is 574 g/mol. The summed E-state index contributed by atoms with van der Waals surface area (Å²) in [5, 5.41) is 12.7. The maximum absolute atomic E-state index is 13.1. The predicted octanol–water partition coefficient (Wildman–Crippen LogP) is 3.37. The molecule has 1 aliphatic rings. The minimum absolute atomic E-state index is 0.00248. The molecule has 40 heavy (non-hydrogen) atoms. The topological polar surface area (TPSA) is 126 Å². The Morgan fingerprint density at radius 2 is 2.15 bits per heavy atom. The molecule has 3 heterocycles. The minimum atomic E-state index is -0.988. The van der Waals surface area contributed by atoms with Gasteiger partial charge in [-0.05, 0) is 54.6 Å². The lowest BCUT2D eigenvalue weighted by molar-refractivity contribution is -0.145. The number of aromatic nitrogens is 2. The fourth-order valence-electron chi connectivity index (χ4n) is 4.33. The first kappa shape index (κ1) is 30.1. The number of aliphatic hydroxyl groups is 1. The highest BCUT2D eigenvalue weighted by Gasteiger charge is 2.32. The van der Waals surface area contributed by atoms with Gasteiger partial charge in [-0.2, -0.15) is 0 Å². The van der Waals surface area contributed by atoms with Gasteiger partial charge >= 0.3 is 5.97 Å². The number of thiophene rings is 1. The quantitative estimate of drug-likeness (QED) is 0.154. The van der Waals surface area contributed by atoms with Gasteiger partial charge in [0, 0.05) is 56.0 Å². The molecule has 214 valence electrons. The fraction of sp³-hybridized carbons (Fsp3) is 0.407. The summed E-state index contributed by atoms with van der Waals surface area (Å²) in [7, 11) is 1.91. The summed E-state index contributed by atoms with van der Waals surface area (Å²) >= 11 is 8.36. The lowest BCUT2D eigenvalue weighted by Crippen LogP contribution is -2.44. The summed E-state index contributed by atoms with van der Waals surface area (Å²) in [6.07, 6.45) is 4.90. The second-order valence-corrected chi connectivity index (χ2v) is 11.8. The van der Waals surface area contributed by atoms with Crippen molar-refractivity contribution in [3.63, 3.8) is 0 Å². The number of benzene rings is 1. The normalized spacial score (nSPS) is 15.8. The van der Waals surface area contributed by atoms with Gasteiger partial charge in [-0.1, -0.05) is 24.6 Å². The highest BCUT2D eigenvalue weighted by molar-refractivity contribution is 7.97. The largest absolute Gasteiger partial charge is 0.464 e. The van der Waals surface area contributed by atoms with Crippen LogP contribution in [0.25, 0.3) is 0 Å². The number of nitrogens with one attached hydrogen (secondary N) is 2. The molecule has 1 unspecified atom stereocenters. The zero-order valence-electron chi connectivity index (χ0n) is 22.3. The first-order valence-electron chi connectivity index (χ1n) is 13.0. The molecule has 1 aromatic carbocycles. The van der Waals surface area contributed by atoms with Crippen molar-refractivity contribution in [2.45, 2.75) is 49.6 Å². The van der Waals surface area contributed by atoms with E-state index in [4.69, 9.17) is 16.3 Å². The lowest BCUT2D eigenvalue weighted by Gasteiger charge is -2.23. The second-order valence-electron chi connectivity index (χ2n) is 9.21. The average molecular weight is 606 g/mol. The molecule has 10 nitrogen and oxygen atoms in total. The summed E-state index contributed by atoms with van der Waals surface area (Å²) in [6, 6.07) is 8.03. The van der Waals surface area contributed by atoms with E-state index in [1.54, 1.807) is 23.2 Å². The fourth-order valence-corrected chi connectivity index (χ4v) is 6.26. The molecule has 13 heteroatoms. The van der Waals surface area contributed by atoms with Gasteiger partial charge < -0.3 is 24.6 Å². The monoisotopic (exact) mass is 605 g/mol. The Balaban J connectivity index is 1.42. The molecule has 1 saturated heterocycles. The summed E-state index contributed by atoms with van der Waals surface area (Å²) < 4.78 is 11.1. The molecule has 0 radical (unpaired) electrons. The molecule has 0 bridgehead atoms. The molecule has 1 fully saturated rings. The zero-order valence-corrected chi connectivity index (χ0v) is 24.7. The van der Waals surface area contributed by atoms with Gasteiger partial charge in [-0.3, -0.25) is 14.4 Å². The number of carbonyl (C=O) groups is 3. The molecule has 1 aliphatic heterocycles. The summed E-state index contributed by atoms with van der Waals surface area (Å²) in [6.45, 7) is 2.63. The minimum Gasteiger partial charge on any atom is -0.464 e. The third kappa shape index (κ3) is 7.43. The van der Waals surface area contributed by atoms with E-state index < -0.39 is 18.1 Å². The Kier molecular flexibility index (Phi) is 10.6. The molecular formula is C27H32ClN5O5S2. The number of rotatable bonds is 13. The lowest BCUT2D eigenvalue weighted by atomic mass is 10.1. The Labute approximate surface area is 246 Å². The third-order valence-electron chi connectivity index (χ3n) is 6.50. The van der Waals surface area contributed by atoms with Crippen molar-refractivity contribution in [3.05, 3.63) is 63.3 Å². The highest BCUT2D eigenvalue weighted by Crippen LogP contribution is 2.33. The number of aliphatic hydroxyl groups excluding tert-OH is 1. The summed E-state index contributed by atoms with van der Waals surface area (Å²) in [5.74, 6) is -0.241. The Hall–Kier alpha value is -2.90. The first-order valence-corrected chi connectivity index (χ1v) is 15.0. The second kappa shape index (κ2) is 14.1. The van der Waals surface area contributed by atoms with Crippen LogP contribution in [0, 0.1) is 0 Å². The van der Waals surface area contributed by atoms with Gasteiger partial charge in [-0.25, -0.2) is 9.71 Å². The number of nitrogens with zero attached hydrogens (tertiary/aromatic N) is 3. The van der Waals surface area contributed by atoms with Crippen LogP contribution in [0.2, 0.25) is 4.34 Å². The van der Waals surface area contributed by atoms with Crippen molar-refractivity contribution >= 4 is 58.4 Å². The van der Waals surface area contributed by atoms with Crippen molar-refractivity contribution in [1.82, 2.24) is 19.6 Å². The van der Waals surface area contributed by atoms with Crippen LogP contribution in [0.5, 0.6) is 0 Å². The smallest absolute Gasteiger partial charge is 0.325 e. The summed E-state index contributed by atoms with van der Waals surface area (Å²) in [4.78, 5) is 45.3. The van der Waals surface area contributed by atoms with Crippen molar-refractivity contribution in [3.8, 4) is 0 Å². The maximum atomic E-state index is 13.1. The number of amides is 2. The number of hydrogen-bond acceptors (Lipinski definition) is 9. The predicted molar refractivity (Wildman–Crippen MR) is 156 cm³/mol. The van der Waals surface area contributed by atoms with E-state index >= 15 is 0 Å². The van der Waals surface area contributed by atoms with E-state index in [1.165, 1.54) is 11.9 Å². The summed E-state index contributed by atoms with van der Waals surface area (Å²) in [5.41, 5.74) is 1.66. The van der Waals surface area contributed by atoms with Crippen LogP contribution in [-0.4, -0.2) is 64.3 Å². The van der Waals surface area contributed by atoms with Crippen LogP contribution in [0.4, 0.5) is 5.69 Å². The average Bonchev–Trinajstić information content (AvgIpc) is 3.66. The van der Waals surface area contributed by atoms with E-state index in [1.807, 2.05) is 42.9 Å². The Bertz CT molecular complexity index is 1350. The Morgan fingerprint density at radius 1 is 1.32 bits per heavy atom. The van der Waals surface area contributed by atoms with Crippen LogP contribution in [-0.2, 0) is 34.2 Å². The molecule has 2 atom stereocenters. The molecule has 0 saturated carbocycles. The van der Waals surface area contributed by atoms with E-state index in [-0.39, 0.29) is 25.0 Å². The van der Waals surface area contributed by atoms with E-state index in [9.17, 15) is 19.5 Å². The highest BCUT2D eigenvalue weighted by atomic mass is 35.5. The molecule has 0 spiro atoms. The van der Waals surface area contributed by atoms with Crippen LogP contribution in [0.3, 0.4) is 0 Å². The number of anilines is 1. The maximum Gasteiger partial charge on any atom is 0.325 e. The van der Waals surface area contributed by atoms with E-state index in [0.29, 0.717) is 41.4 Å². The molecule has 0 aliphatic carbocycles.